The minimum absolute atomic E-state index is 0.0629. The topological polar surface area (TPSA) is 41.6 Å². The summed E-state index contributed by atoms with van der Waals surface area (Å²) in [4.78, 5) is 14.1. The van der Waals surface area contributed by atoms with Gasteiger partial charge in [0.05, 0.1) is 17.8 Å². The summed E-state index contributed by atoms with van der Waals surface area (Å²) in [7, 11) is 0. The summed E-state index contributed by atoms with van der Waals surface area (Å²) in [5, 5.41) is 2.95. The van der Waals surface area contributed by atoms with Crippen LogP contribution in [0.2, 0.25) is 5.02 Å². The molecule has 0 saturated carbocycles. The lowest BCUT2D eigenvalue weighted by molar-refractivity contribution is -0.137. The Kier molecular flexibility index (Phi) is 5.00. The van der Waals surface area contributed by atoms with Crippen LogP contribution in [-0.2, 0) is 6.18 Å². The highest BCUT2D eigenvalue weighted by molar-refractivity contribution is 6.31. The summed E-state index contributed by atoms with van der Waals surface area (Å²) in [6.45, 7) is 2.20. The van der Waals surface area contributed by atoms with E-state index in [1.807, 2.05) is 6.92 Å². The molecule has 0 radical (unpaired) electrons. The Bertz CT molecular complexity index is 826. The van der Waals surface area contributed by atoms with Crippen LogP contribution in [0, 0.1) is 0 Å². The van der Waals surface area contributed by atoms with E-state index in [1.54, 1.807) is 18.2 Å². The predicted molar refractivity (Wildman–Crippen MR) is 94.0 cm³/mol. The van der Waals surface area contributed by atoms with Crippen molar-refractivity contribution in [2.45, 2.75) is 25.6 Å². The van der Waals surface area contributed by atoms with Crippen molar-refractivity contribution < 1.29 is 22.7 Å². The zero-order valence-electron chi connectivity index (χ0n) is 13.8. The number of benzene rings is 2. The van der Waals surface area contributed by atoms with Crippen molar-refractivity contribution in [1.82, 2.24) is 0 Å². The lowest BCUT2D eigenvalue weighted by atomic mass is 10.1. The third-order valence-electron chi connectivity index (χ3n) is 4.03. The van der Waals surface area contributed by atoms with E-state index < -0.39 is 17.8 Å². The Labute approximate surface area is 153 Å². The number of alkyl halides is 3. The highest BCUT2D eigenvalue weighted by atomic mass is 35.5. The van der Waals surface area contributed by atoms with Crippen molar-refractivity contribution >= 4 is 29.0 Å². The number of hydrogen-bond donors (Lipinski definition) is 1. The summed E-state index contributed by atoms with van der Waals surface area (Å²) in [5.41, 5.74) is -0.285. The van der Waals surface area contributed by atoms with Gasteiger partial charge in [-0.1, -0.05) is 24.6 Å². The van der Waals surface area contributed by atoms with E-state index in [1.165, 1.54) is 17.0 Å². The van der Waals surface area contributed by atoms with Crippen LogP contribution in [-0.4, -0.2) is 18.7 Å². The fourth-order valence-electron chi connectivity index (χ4n) is 2.69. The van der Waals surface area contributed by atoms with Gasteiger partial charge in [0, 0.05) is 10.7 Å². The van der Waals surface area contributed by atoms with E-state index in [0.717, 1.165) is 12.1 Å². The maximum Gasteiger partial charge on any atom is 0.416 e. The van der Waals surface area contributed by atoms with Crippen LogP contribution in [0.25, 0.3) is 0 Å². The first-order valence-corrected chi connectivity index (χ1v) is 8.37. The van der Waals surface area contributed by atoms with E-state index in [-0.39, 0.29) is 18.3 Å². The van der Waals surface area contributed by atoms with Crippen LogP contribution in [0.4, 0.5) is 29.3 Å². The second-order valence-corrected chi connectivity index (χ2v) is 6.32. The minimum atomic E-state index is -4.48. The maximum atomic E-state index is 12.8. The number of anilines is 2. The third kappa shape index (κ3) is 3.88. The van der Waals surface area contributed by atoms with Crippen LogP contribution < -0.4 is 15.0 Å². The Hall–Kier alpha value is -2.41. The smallest absolute Gasteiger partial charge is 0.416 e. The minimum Gasteiger partial charge on any atom is -0.486 e. The van der Waals surface area contributed by atoms with Crippen molar-refractivity contribution in [3.63, 3.8) is 0 Å². The molecule has 1 atom stereocenters. The largest absolute Gasteiger partial charge is 0.486 e. The standard InChI is InChI=1S/C18H16ClF3N2O2/c1-2-14-10-24(15-9-12(19)6-7-16(15)26-14)17(25)23-13-5-3-4-11(8-13)18(20,21)22/h3-9,14H,2,10H2,1H3,(H,23,25). The van der Waals surface area contributed by atoms with Crippen LogP contribution in [0.15, 0.2) is 42.5 Å². The lowest BCUT2D eigenvalue weighted by Crippen LogP contribution is -2.45. The van der Waals surface area contributed by atoms with Crippen molar-refractivity contribution in [3.05, 3.63) is 53.1 Å². The first kappa shape index (κ1) is 18.4. The van der Waals surface area contributed by atoms with E-state index in [4.69, 9.17) is 16.3 Å². The van der Waals surface area contributed by atoms with Gasteiger partial charge >= 0.3 is 12.2 Å². The van der Waals surface area contributed by atoms with Crippen molar-refractivity contribution in [3.8, 4) is 5.75 Å². The molecule has 2 aromatic rings. The van der Waals surface area contributed by atoms with Gasteiger partial charge in [-0.15, -0.1) is 0 Å². The van der Waals surface area contributed by atoms with Gasteiger partial charge in [0.15, 0.2) is 0 Å². The monoisotopic (exact) mass is 384 g/mol. The zero-order valence-corrected chi connectivity index (χ0v) is 14.6. The van der Waals surface area contributed by atoms with Crippen molar-refractivity contribution in [1.29, 1.82) is 0 Å². The molecule has 3 rings (SSSR count). The van der Waals surface area contributed by atoms with Crippen LogP contribution in [0.1, 0.15) is 18.9 Å². The van der Waals surface area contributed by atoms with Gasteiger partial charge in [0.2, 0.25) is 0 Å². The van der Waals surface area contributed by atoms with Crippen LogP contribution in [0.5, 0.6) is 5.75 Å². The van der Waals surface area contributed by atoms with Gasteiger partial charge in [-0.2, -0.15) is 13.2 Å². The molecular weight excluding hydrogens is 369 g/mol. The number of nitrogens with zero attached hydrogens (tertiary/aromatic N) is 1. The average molecular weight is 385 g/mol. The SMILES string of the molecule is CCC1CN(C(=O)Nc2cccc(C(F)(F)F)c2)c2cc(Cl)ccc2O1. The Morgan fingerprint density at radius 3 is 2.77 bits per heavy atom. The normalized spacial score (nSPS) is 16.7. The van der Waals surface area contributed by atoms with Gasteiger partial charge in [-0.05, 0) is 42.8 Å². The summed E-state index contributed by atoms with van der Waals surface area (Å²) in [6.07, 6.45) is -4.02. The molecule has 0 spiro atoms. The Balaban J connectivity index is 1.87. The zero-order chi connectivity index (χ0) is 18.9. The number of nitrogens with one attached hydrogen (secondary N) is 1. The highest BCUT2D eigenvalue weighted by Gasteiger charge is 2.32. The molecule has 1 N–H and O–H groups in total. The molecule has 1 aliphatic heterocycles. The quantitative estimate of drug-likeness (QED) is 0.735. The van der Waals surface area contributed by atoms with E-state index in [9.17, 15) is 18.0 Å². The highest BCUT2D eigenvalue weighted by Crippen LogP contribution is 2.37. The molecule has 4 nitrogen and oxygen atoms in total. The van der Waals surface area contributed by atoms with Gasteiger partial charge in [0.1, 0.15) is 11.9 Å². The fraction of sp³-hybridized carbons (Fsp3) is 0.278. The first-order valence-electron chi connectivity index (χ1n) is 8.00. The molecule has 1 heterocycles. The number of fused-ring (bicyclic) bond motifs is 1. The summed E-state index contributed by atoms with van der Waals surface area (Å²) in [5.74, 6) is 0.506. The summed E-state index contributed by atoms with van der Waals surface area (Å²) < 4.78 is 44.3. The molecule has 1 unspecified atom stereocenters. The summed E-state index contributed by atoms with van der Waals surface area (Å²) in [6, 6.07) is 8.87. The molecule has 0 fully saturated rings. The van der Waals surface area contributed by atoms with Gasteiger partial charge in [0.25, 0.3) is 0 Å². The molecule has 0 bridgehead atoms. The van der Waals surface area contributed by atoms with Crippen molar-refractivity contribution in [2.75, 3.05) is 16.8 Å². The molecule has 0 aromatic heterocycles. The molecular formula is C18H16ClF3N2O2. The van der Waals surface area contributed by atoms with Gasteiger partial charge < -0.3 is 10.1 Å². The maximum absolute atomic E-state index is 12.8. The molecule has 2 amide bonds. The number of hydrogen-bond acceptors (Lipinski definition) is 2. The van der Waals surface area contributed by atoms with Crippen molar-refractivity contribution in [2.24, 2.45) is 0 Å². The number of carbonyl (C=O) groups excluding carboxylic acids is 1. The summed E-state index contributed by atoms with van der Waals surface area (Å²) >= 11 is 6.01. The van der Waals surface area contributed by atoms with E-state index in [0.29, 0.717) is 22.9 Å². The molecule has 2 aromatic carbocycles. The number of amides is 2. The van der Waals surface area contributed by atoms with Crippen LogP contribution in [0.3, 0.4) is 0 Å². The average Bonchev–Trinajstić information content (AvgIpc) is 2.60. The molecule has 8 heteroatoms. The second kappa shape index (κ2) is 7.07. The Morgan fingerprint density at radius 2 is 2.08 bits per heavy atom. The number of rotatable bonds is 2. The fourth-order valence-corrected chi connectivity index (χ4v) is 2.86. The molecule has 138 valence electrons. The molecule has 1 aliphatic rings. The molecule has 0 saturated heterocycles. The van der Waals surface area contributed by atoms with Gasteiger partial charge in [-0.3, -0.25) is 4.90 Å². The van der Waals surface area contributed by atoms with E-state index >= 15 is 0 Å². The van der Waals surface area contributed by atoms with Crippen LogP contribution >= 0.6 is 11.6 Å². The first-order chi connectivity index (χ1) is 12.3. The number of ether oxygens (including phenoxy) is 1. The molecule has 0 aliphatic carbocycles. The second-order valence-electron chi connectivity index (χ2n) is 5.88. The van der Waals surface area contributed by atoms with E-state index in [2.05, 4.69) is 5.32 Å². The third-order valence-corrected chi connectivity index (χ3v) is 4.27. The number of halogens is 4. The molecule has 26 heavy (non-hydrogen) atoms. The van der Waals surface area contributed by atoms with Gasteiger partial charge in [-0.25, -0.2) is 4.79 Å². The predicted octanol–water partition coefficient (Wildman–Crippen LogP) is 5.57. The number of urea groups is 1. The lowest BCUT2D eigenvalue weighted by Gasteiger charge is -2.34. The number of carbonyl (C=O) groups is 1. The Morgan fingerprint density at radius 1 is 1.31 bits per heavy atom.